The molecule has 1 aliphatic rings. The maximum atomic E-state index is 13.7. The van der Waals surface area contributed by atoms with E-state index in [9.17, 15) is 19.5 Å². The Labute approximate surface area is 281 Å². The Hall–Kier alpha value is -4.87. The van der Waals surface area contributed by atoms with Crippen LogP contribution < -0.4 is 19.7 Å². The van der Waals surface area contributed by atoms with Gasteiger partial charge in [-0.2, -0.15) is 0 Å². The number of ether oxygens (including phenoxy) is 2. The number of unbranched alkanes of at least 4 members (excludes halogenated alkanes) is 2. The molecule has 2 heterocycles. The molecule has 1 fully saturated rings. The molecule has 0 bridgehead atoms. The summed E-state index contributed by atoms with van der Waals surface area (Å²) in [5.74, 6) is 0.561. The molecule has 0 saturated carbocycles. The van der Waals surface area contributed by atoms with Crippen LogP contribution in [0.25, 0.3) is 10.9 Å². The number of methoxy groups -OCH3 is 1. The van der Waals surface area contributed by atoms with Gasteiger partial charge in [-0.05, 0) is 87.3 Å². The summed E-state index contributed by atoms with van der Waals surface area (Å²) < 4.78 is 11.7. The number of aromatic amines is 1. The number of carbonyl (C=O) groups excluding carboxylic acids is 3. The molecule has 11 heteroatoms. The lowest BCUT2D eigenvalue weighted by atomic mass is 10.1. The number of H-pyrrole nitrogens is 1. The van der Waals surface area contributed by atoms with E-state index in [4.69, 9.17) is 9.47 Å². The van der Waals surface area contributed by atoms with Crippen molar-refractivity contribution in [2.45, 2.75) is 39.2 Å². The van der Waals surface area contributed by atoms with Gasteiger partial charge < -0.3 is 39.6 Å². The monoisotopic (exact) mass is 655 g/mol. The zero-order chi connectivity index (χ0) is 34.2. The predicted molar refractivity (Wildman–Crippen MR) is 187 cm³/mol. The van der Waals surface area contributed by atoms with Crippen LogP contribution in [0.15, 0.2) is 60.7 Å². The Bertz CT molecular complexity index is 1760. The molecule has 1 aliphatic heterocycles. The fraction of sp³-hybridized carbons (Fsp3) is 0.378. The highest BCUT2D eigenvalue weighted by atomic mass is 16.5. The van der Waals surface area contributed by atoms with Crippen LogP contribution >= 0.6 is 0 Å². The van der Waals surface area contributed by atoms with Gasteiger partial charge in [0.1, 0.15) is 11.5 Å². The smallest absolute Gasteiger partial charge is 0.258 e. The highest BCUT2D eigenvalue weighted by Crippen LogP contribution is 2.32. The van der Waals surface area contributed by atoms with Gasteiger partial charge in [0.05, 0.1) is 31.7 Å². The quantitative estimate of drug-likeness (QED) is 0.169. The summed E-state index contributed by atoms with van der Waals surface area (Å²) >= 11 is 0. The van der Waals surface area contributed by atoms with Crippen molar-refractivity contribution < 1.29 is 29.0 Å². The standard InChI is InChI=1S/C37H45N5O6/c1-25-12-15-32(34(21-25)48-20-7-5-6-11-35(44)42-18-16-40(2)17-19-42)41(3)37(46)26-13-14-31(33(22-26)47-4)39-36(45)28-9-8-10-30-29(28)23-27(24-43)38-30/h8-10,12-15,21-23,38,43H,5-7,11,16-20,24H2,1-4H3,(H,39,45). The number of piperazine rings is 1. The number of aliphatic hydroxyl groups excluding tert-OH is 1. The summed E-state index contributed by atoms with van der Waals surface area (Å²) in [4.78, 5) is 48.3. The molecule has 11 nitrogen and oxygen atoms in total. The van der Waals surface area contributed by atoms with E-state index >= 15 is 0 Å². The lowest BCUT2D eigenvalue weighted by molar-refractivity contribution is -0.132. The number of amides is 3. The molecule has 0 atom stereocenters. The number of nitrogens with one attached hydrogen (secondary N) is 2. The summed E-state index contributed by atoms with van der Waals surface area (Å²) in [6.45, 7) is 5.73. The summed E-state index contributed by atoms with van der Waals surface area (Å²) in [6, 6.07) is 17.7. The third-order valence-electron chi connectivity index (χ3n) is 8.76. The fourth-order valence-corrected chi connectivity index (χ4v) is 5.88. The number of aromatic nitrogens is 1. The first-order valence-corrected chi connectivity index (χ1v) is 16.4. The third kappa shape index (κ3) is 8.15. The van der Waals surface area contributed by atoms with Crippen molar-refractivity contribution in [1.82, 2.24) is 14.8 Å². The normalized spacial score (nSPS) is 13.4. The maximum absolute atomic E-state index is 13.7. The number of aliphatic hydroxyl groups is 1. The van der Waals surface area contributed by atoms with Crippen molar-refractivity contribution in [2.75, 3.05) is 64.2 Å². The zero-order valence-corrected chi connectivity index (χ0v) is 28.2. The lowest BCUT2D eigenvalue weighted by Gasteiger charge is -2.32. The van der Waals surface area contributed by atoms with Gasteiger partial charge in [-0.3, -0.25) is 14.4 Å². The number of aryl methyl sites for hydroxylation is 1. The van der Waals surface area contributed by atoms with Crippen LogP contribution in [0.5, 0.6) is 11.5 Å². The molecule has 0 aliphatic carbocycles. The largest absolute Gasteiger partial charge is 0.495 e. The van der Waals surface area contributed by atoms with Crippen LogP contribution in [0, 0.1) is 6.92 Å². The van der Waals surface area contributed by atoms with E-state index in [0.717, 1.165) is 56.5 Å². The minimum absolute atomic E-state index is 0.162. The van der Waals surface area contributed by atoms with Crippen LogP contribution in [0.4, 0.5) is 11.4 Å². The third-order valence-corrected chi connectivity index (χ3v) is 8.76. The minimum Gasteiger partial charge on any atom is -0.495 e. The molecule has 1 saturated heterocycles. The molecule has 0 unspecified atom stereocenters. The van der Waals surface area contributed by atoms with Crippen molar-refractivity contribution in [3.8, 4) is 11.5 Å². The van der Waals surface area contributed by atoms with E-state index in [-0.39, 0.29) is 24.3 Å². The summed E-state index contributed by atoms with van der Waals surface area (Å²) in [5, 5.41) is 13.1. The summed E-state index contributed by atoms with van der Waals surface area (Å²) in [6.07, 6.45) is 3.05. The second kappa shape index (κ2) is 15.8. The zero-order valence-electron chi connectivity index (χ0n) is 28.2. The number of rotatable bonds is 13. The number of hydrogen-bond donors (Lipinski definition) is 3. The van der Waals surface area contributed by atoms with Crippen molar-refractivity contribution >= 4 is 40.0 Å². The van der Waals surface area contributed by atoms with E-state index in [1.54, 1.807) is 48.3 Å². The van der Waals surface area contributed by atoms with Crippen LogP contribution in [-0.2, 0) is 11.4 Å². The summed E-state index contributed by atoms with van der Waals surface area (Å²) in [5.41, 5.74) is 4.24. The number of likely N-dealkylation sites (N-methyl/N-ethyl adjacent to an activating group) is 1. The molecule has 48 heavy (non-hydrogen) atoms. The molecule has 4 aromatic rings. The van der Waals surface area contributed by atoms with Gasteiger partial charge >= 0.3 is 0 Å². The van der Waals surface area contributed by atoms with E-state index in [0.29, 0.717) is 58.1 Å². The Kier molecular flexibility index (Phi) is 11.4. The fourth-order valence-electron chi connectivity index (χ4n) is 5.88. The molecule has 0 radical (unpaired) electrons. The van der Waals surface area contributed by atoms with Crippen LogP contribution in [-0.4, -0.2) is 91.6 Å². The molecular weight excluding hydrogens is 610 g/mol. The van der Waals surface area contributed by atoms with Gasteiger partial charge in [0.15, 0.2) is 0 Å². The number of hydrogen-bond acceptors (Lipinski definition) is 7. The van der Waals surface area contributed by atoms with Crippen LogP contribution in [0.1, 0.15) is 57.7 Å². The highest BCUT2D eigenvalue weighted by molar-refractivity contribution is 6.13. The predicted octanol–water partition coefficient (Wildman–Crippen LogP) is 5.22. The molecule has 3 N–H and O–H groups in total. The number of benzene rings is 3. The molecule has 0 spiro atoms. The topological polar surface area (TPSA) is 127 Å². The minimum atomic E-state index is -0.346. The molecule has 1 aromatic heterocycles. The molecule has 254 valence electrons. The van der Waals surface area contributed by atoms with Gasteiger partial charge in [0, 0.05) is 67.4 Å². The van der Waals surface area contributed by atoms with Crippen LogP contribution in [0.3, 0.4) is 0 Å². The van der Waals surface area contributed by atoms with Gasteiger partial charge in [-0.25, -0.2) is 0 Å². The van der Waals surface area contributed by atoms with Gasteiger partial charge in [0.2, 0.25) is 5.91 Å². The number of nitrogens with zero attached hydrogens (tertiary/aromatic N) is 3. The van der Waals surface area contributed by atoms with Crippen molar-refractivity contribution in [3.63, 3.8) is 0 Å². The van der Waals surface area contributed by atoms with Crippen molar-refractivity contribution in [3.05, 3.63) is 83.0 Å². The Morgan fingerprint density at radius 2 is 1.75 bits per heavy atom. The average Bonchev–Trinajstić information content (AvgIpc) is 3.53. The Morgan fingerprint density at radius 1 is 0.958 bits per heavy atom. The van der Waals surface area contributed by atoms with Crippen LogP contribution in [0.2, 0.25) is 0 Å². The van der Waals surface area contributed by atoms with Gasteiger partial charge in [-0.1, -0.05) is 12.1 Å². The summed E-state index contributed by atoms with van der Waals surface area (Å²) in [7, 11) is 5.26. The maximum Gasteiger partial charge on any atom is 0.258 e. The molecule has 5 rings (SSSR count). The molecular formula is C37H45N5O6. The number of fused-ring (bicyclic) bond motifs is 1. The average molecular weight is 656 g/mol. The van der Waals surface area contributed by atoms with E-state index in [1.807, 2.05) is 36.1 Å². The Morgan fingerprint density at radius 3 is 2.50 bits per heavy atom. The second-order valence-electron chi connectivity index (χ2n) is 12.3. The molecule has 3 amide bonds. The van der Waals surface area contributed by atoms with E-state index in [1.165, 1.54) is 7.11 Å². The number of anilines is 2. The SMILES string of the molecule is COc1cc(C(=O)N(C)c2ccc(C)cc2OCCCCCC(=O)N2CCN(C)CC2)ccc1NC(=O)c1cccc2[nH]c(CO)cc12. The first-order valence-electron chi connectivity index (χ1n) is 16.4. The van der Waals surface area contributed by atoms with Gasteiger partial charge in [-0.15, -0.1) is 0 Å². The lowest BCUT2D eigenvalue weighted by Crippen LogP contribution is -2.47. The van der Waals surface area contributed by atoms with E-state index < -0.39 is 0 Å². The second-order valence-corrected chi connectivity index (χ2v) is 12.3. The highest BCUT2D eigenvalue weighted by Gasteiger charge is 2.21. The van der Waals surface area contributed by atoms with E-state index in [2.05, 4.69) is 22.2 Å². The number of carbonyl (C=O) groups is 3. The molecule has 3 aromatic carbocycles. The van der Waals surface area contributed by atoms with Crippen molar-refractivity contribution in [1.29, 1.82) is 0 Å². The first kappa shape index (κ1) is 34.5. The first-order chi connectivity index (χ1) is 23.2. The van der Waals surface area contributed by atoms with Crippen molar-refractivity contribution in [2.24, 2.45) is 0 Å². The van der Waals surface area contributed by atoms with Gasteiger partial charge in [0.25, 0.3) is 11.8 Å². The Balaban J connectivity index is 1.19.